The van der Waals surface area contributed by atoms with Gasteiger partial charge in [0.2, 0.25) is 0 Å². The smallest absolute Gasteiger partial charge is 0.157 e. The van der Waals surface area contributed by atoms with Crippen molar-refractivity contribution < 1.29 is 0 Å². The molecule has 2 aromatic rings. The number of anilines is 1. The molecule has 0 aromatic carbocycles. The molecule has 0 radical (unpaired) electrons. The van der Waals surface area contributed by atoms with E-state index in [0.29, 0.717) is 6.54 Å². The lowest BCUT2D eigenvalue weighted by Crippen LogP contribution is -2.16. The summed E-state index contributed by atoms with van der Waals surface area (Å²) in [5, 5.41) is 7.98. The molecule has 5 heteroatoms. The number of hydrogen-bond acceptors (Lipinski definition) is 4. The van der Waals surface area contributed by atoms with Crippen LogP contribution in [0.25, 0.3) is 5.65 Å². The molecule has 104 valence electrons. The molecule has 19 heavy (non-hydrogen) atoms. The summed E-state index contributed by atoms with van der Waals surface area (Å²) in [4.78, 5) is 4.63. The first-order valence-electron chi connectivity index (χ1n) is 6.80. The van der Waals surface area contributed by atoms with Crippen LogP contribution in [-0.4, -0.2) is 27.7 Å². The van der Waals surface area contributed by atoms with Crippen LogP contribution in [0.5, 0.6) is 0 Å². The fourth-order valence-electron chi connectivity index (χ4n) is 1.90. The predicted molar refractivity (Wildman–Crippen MR) is 78.6 cm³/mol. The summed E-state index contributed by atoms with van der Waals surface area (Å²) in [7, 11) is 0. The van der Waals surface area contributed by atoms with Gasteiger partial charge >= 0.3 is 0 Å². The van der Waals surface area contributed by atoms with Gasteiger partial charge in [0.05, 0.1) is 5.69 Å². The van der Waals surface area contributed by atoms with Gasteiger partial charge < -0.3 is 11.1 Å². The van der Waals surface area contributed by atoms with Crippen LogP contribution >= 0.6 is 0 Å². The molecule has 0 atom stereocenters. The number of aryl methyl sites for hydroxylation is 1. The maximum absolute atomic E-state index is 5.56. The van der Waals surface area contributed by atoms with Crippen LogP contribution in [0.1, 0.15) is 39.1 Å². The molecule has 2 aromatic heterocycles. The fourth-order valence-corrected chi connectivity index (χ4v) is 1.90. The van der Waals surface area contributed by atoms with Crippen molar-refractivity contribution in [2.24, 2.45) is 5.73 Å². The van der Waals surface area contributed by atoms with Crippen LogP contribution in [0, 0.1) is 0 Å². The summed E-state index contributed by atoms with van der Waals surface area (Å²) in [5.41, 5.74) is 8.58. The molecule has 0 fully saturated rings. The Kier molecular flexibility index (Phi) is 3.75. The minimum Gasteiger partial charge on any atom is -0.369 e. The van der Waals surface area contributed by atoms with Gasteiger partial charge in [-0.2, -0.15) is 9.61 Å². The maximum atomic E-state index is 5.56. The molecule has 3 N–H and O–H groups in total. The minimum absolute atomic E-state index is 0.0191. The summed E-state index contributed by atoms with van der Waals surface area (Å²) >= 11 is 0. The number of aromatic nitrogens is 3. The van der Waals surface area contributed by atoms with E-state index in [1.807, 2.05) is 10.6 Å². The van der Waals surface area contributed by atoms with Gasteiger partial charge in [-0.05, 0) is 6.42 Å². The highest BCUT2D eigenvalue weighted by Gasteiger charge is 2.19. The van der Waals surface area contributed by atoms with Crippen molar-refractivity contribution in [2.75, 3.05) is 18.4 Å². The molecule has 0 spiro atoms. The summed E-state index contributed by atoms with van der Waals surface area (Å²) in [6.45, 7) is 9.89. The molecule has 0 saturated heterocycles. The van der Waals surface area contributed by atoms with Gasteiger partial charge in [0.25, 0.3) is 0 Å². The van der Waals surface area contributed by atoms with Crippen LogP contribution in [-0.2, 0) is 11.8 Å². The van der Waals surface area contributed by atoms with Crippen molar-refractivity contribution in [1.29, 1.82) is 0 Å². The lowest BCUT2D eigenvalue weighted by atomic mass is 9.93. The molecular formula is C14H23N5. The van der Waals surface area contributed by atoms with E-state index in [1.54, 1.807) is 0 Å². The quantitative estimate of drug-likeness (QED) is 0.883. The third-order valence-electron chi connectivity index (χ3n) is 3.06. The third-order valence-corrected chi connectivity index (χ3v) is 3.06. The number of fused-ring (bicyclic) bond motifs is 1. The van der Waals surface area contributed by atoms with Crippen LogP contribution in [0.2, 0.25) is 0 Å². The first-order chi connectivity index (χ1) is 8.95. The highest BCUT2D eigenvalue weighted by Crippen LogP contribution is 2.23. The topological polar surface area (TPSA) is 68.2 Å². The molecule has 0 bridgehead atoms. The largest absolute Gasteiger partial charge is 0.369 e. The van der Waals surface area contributed by atoms with Gasteiger partial charge in [0.15, 0.2) is 5.65 Å². The zero-order valence-corrected chi connectivity index (χ0v) is 12.2. The molecule has 0 aliphatic carbocycles. The maximum Gasteiger partial charge on any atom is 0.157 e. The molecule has 0 amide bonds. The lowest BCUT2D eigenvalue weighted by molar-refractivity contribution is 0.563. The zero-order chi connectivity index (χ0) is 14.0. The van der Waals surface area contributed by atoms with Gasteiger partial charge in [-0.15, -0.1) is 0 Å². The second-order valence-electron chi connectivity index (χ2n) is 5.75. The van der Waals surface area contributed by atoms with E-state index in [9.17, 15) is 0 Å². The number of nitrogens with one attached hydrogen (secondary N) is 1. The highest BCUT2D eigenvalue weighted by molar-refractivity contribution is 5.51. The molecular weight excluding hydrogens is 238 g/mol. The Bertz CT molecular complexity index is 565. The second kappa shape index (κ2) is 5.17. The predicted octanol–water partition coefficient (Wildman–Crippen LogP) is 1.96. The Balaban J connectivity index is 2.54. The molecule has 0 saturated carbocycles. The Morgan fingerprint density at radius 1 is 1.32 bits per heavy atom. The van der Waals surface area contributed by atoms with E-state index in [-0.39, 0.29) is 5.41 Å². The Labute approximate surface area is 114 Å². The first kappa shape index (κ1) is 13.8. The molecule has 5 nitrogen and oxygen atoms in total. The average molecular weight is 261 g/mol. The van der Waals surface area contributed by atoms with Crippen molar-refractivity contribution >= 4 is 11.5 Å². The van der Waals surface area contributed by atoms with E-state index in [2.05, 4.69) is 49.2 Å². The van der Waals surface area contributed by atoms with Gasteiger partial charge in [-0.25, -0.2) is 4.98 Å². The first-order valence-corrected chi connectivity index (χ1v) is 6.80. The fraction of sp³-hybridized carbons (Fsp3) is 0.571. The van der Waals surface area contributed by atoms with E-state index in [4.69, 9.17) is 5.73 Å². The zero-order valence-electron chi connectivity index (χ0n) is 12.2. The van der Waals surface area contributed by atoms with Crippen molar-refractivity contribution in [3.05, 3.63) is 23.5 Å². The van der Waals surface area contributed by atoms with Gasteiger partial charge in [0.1, 0.15) is 5.82 Å². The van der Waals surface area contributed by atoms with Crippen LogP contribution in [0.4, 0.5) is 5.82 Å². The van der Waals surface area contributed by atoms with E-state index in [0.717, 1.165) is 35.8 Å². The van der Waals surface area contributed by atoms with Crippen LogP contribution in [0.3, 0.4) is 0 Å². The summed E-state index contributed by atoms with van der Waals surface area (Å²) in [6, 6.07) is 4.11. The van der Waals surface area contributed by atoms with E-state index >= 15 is 0 Å². The third kappa shape index (κ3) is 2.87. The van der Waals surface area contributed by atoms with Gasteiger partial charge in [0, 0.05) is 36.3 Å². The average Bonchev–Trinajstić information content (AvgIpc) is 2.79. The summed E-state index contributed by atoms with van der Waals surface area (Å²) < 4.78 is 1.87. The Hall–Kier alpha value is -1.62. The standard InChI is InChI=1S/C14H23N5/c1-5-10-8-12(16-7-6-15)19-13(17-10)9-11(18-19)14(2,3)4/h8-9,16H,5-7,15H2,1-4H3. The van der Waals surface area contributed by atoms with Crippen molar-refractivity contribution in [1.82, 2.24) is 14.6 Å². The second-order valence-corrected chi connectivity index (χ2v) is 5.75. The van der Waals surface area contributed by atoms with Crippen LogP contribution in [0.15, 0.2) is 12.1 Å². The monoisotopic (exact) mass is 261 g/mol. The van der Waals surface area contributed by atoms with Crippen molar-refractivity contribution in [2.45, 2.75) is 39.5 Å². The van der Waals surface area contributed by atoms with E-state index in [1.165, 1.54) is 0 Å². The molecule has 0 aliphatic rings. The SMILES string of the molecule is CCc1cc(NCCN)n2nc(C(C)(C)C)cc2n1. The van der Waals surface area contributed by atoms with Gasteiger partial charge in [-0.1, -0.05) is 27.7 Å². The molecule has 2 heterocycles. The molecule has 0 aliphatic heterocycles. The van der Waals surface area contributed by atoms with E-state index < -0.39 is 0 Å². The number of nitrogens with zero attached hydrogens (tertiary/aromatic N) is 3. The number of hydrogen-bond donors (Lipinski definition) is 2. The number of nitrogens with two attached hydrogens (primary N) is 1. The van der Waals surface area contributed by atoms with Gasteiger partial charge in [-0.3, -0.25) is 0 Å². The van der Waals surface area contributed by atoms with Crippen molar-refractivity contribution in [3.8, 4) is 0 Å². The Morgan fingerprint density at radius 2 is 2.05 bits per heavy atom. The number of rotatable bonds is 4. The summed E-state index contributed by atoms with van der Waals surface area (Å²) in [5.74, 6) is 0.961. The normalized spacial score (nSPS) is 12.1. The lowest BCUT2D eigenvalue weighted by Gasteiger charge is -2.13. The Morgan fingerprint density at radius 3 is 2.63 bits per heavy atom. The van der Waals surface area contributed by atoms with Crippen LogP contribution < -0.4 is 11.1 Å². The van der Waals surface area contributed by atoms with Crippen molar-refractivity contribution in [3.63, 3.8) is 0 Å². The minimum atomic E-state index is 0.0191. The molecule has 2 rings (SSSR count). The summed E-state index contributed by atoms with van der Waals surface area (Å²) in [6.07, 6.45) is 0.907. The molecule has 0 unspecified atom stereocenters. The highest BCUT2D eigenvalue weighted by atomic mass is 15.3.